The number of rotatable bonds is 7. The molecule has 0 saturated carbocycles. The van der Waals surface area contributed by atoms with E-state index in [4.69, 9.17) is 0 Å². The fourth-order valence-corrected chi connectivity index (χ4v) is 4.94. The largest absolute Gasteiger partial charge is 0.313 e. The predicted octanol–water partition coefficient (Wildman–Crippen LogP) is 3.64. The van der Waals surface area contributed by atoms with Gasteiger partial charge in [-0.15, -0.1) is 0 Å². The molecule has 1 aliphatic heterocycles. The summed E-state index contributed by atoms with van der Waals surface area (Å²) >= 11 is 4.33. The van der Waals surface area contributed by atoms with E-state index < -0.39 is 0 Å². The summed E-state index contributed by atoms with van der Waals surface area (Å²) in [4.78, 5) is 0. The van der Waals surface area contributed by atoms with Gasteiger partial charge in [0.2, 0.25) is 0 Å². The van der Waals surface area contributed by atoms with Crippen molar-refractivity contribution in [2.45, 2.75) is 51.3 Å². The van der Waals surface area contributed by atoms with Crippen LogP contribution in [-0.2, 0) is 0 Å². The van der Waals surface area contributed by atoms with E-state index in [0.29, 0.717) is 0 Å². The van der Waals surface area contributed by atoms with Gasteiger partial charge < -0.3 is 5.32 Å². The second kappa shape index (κ2) is 8.71. The van der Waals surface area contributed by atoms with Crippen LogP contribution in [0.25, 0.3) is 0 Å². The Morgan fingerprint density at radius 3 is 2.69 bits per heavy atom. The van der Waals surface area contributed by atoms with Crippen LogP contribution in [0.15, 0.2) is 0 Å². The summed E-state index contributed by atoms with van der Waals surface area (Å²) in [5.41, 5.74) is 0. The van der Waals surface area contributed by atoms with E-state index in [0.717, 1.165) is 17.2 Å². The van der Waals surface area contributed by atoms with E-state index in [1.54, 1.807) is 0 Å². The molecule has 3 heteroatoms. The summed E-state index contributed by atoms with van der Waals surface area (Å²) in [6.45, 7) is 8.14. The van der Waals surface area contributed by atoms with Gasteiger partial charge in [-0.2, -0.15) is 23.5 Å². The Balaban J connectivity index is 2.40. The zero-order valence-electron chi connectivity index (χ0n) is 11.0. The van der Waals surface area contributed by atoms with Gasteiger partial charge in [-0.1, -0.05) is 27.2 Å². The van der Waals surface area contributed by atoms with Crippen molar-refractivity contribution in [3.8, 4) is 0 Å². The molecule has 0 aliphatic carbocycles. The van der Waals surface area contributed by atoms with Gasteiger partial charge >= 0.3 is 0 Å². The monoisotopic (exact) mass is 261 g/mol. The molecule has 3 unspecified atom stereocenters. The molecule has 0 aromatic carbocycles. The highest BCUT2D eigenvalue weighted by atomic mass is 32.2. The zero-order chi connectivity index (χ0) is 11.8. The van der Waals surface area contributed by atoms with Gasteiger partial charge in [0.1, 0.15) is 0 Å². The number of hydrogen-bond donors (Lipinski definition) is 1. The summed E-state index contributed by atoms with van der Waals surface area (Å²) in [5, 5.41) is 4.62. The van der Waals surface area contributed by atoms with E-state index >= 15 is 0 Å². The first-order valence-electron chi connectivity index (χ1n) is 6.70. The summed E-state index contributed by atoms with van der Waals surface area (Å²) in [5.74, 6) is 4.91. The second-order valence-corrected chi connectivity index (χ2v) is 7.29. The van der Waals surface area contributed by atoms with Gasteiger partial charge in [-0.25, -0.2) is 0 Å². The highest BCUT2D eigenvalue weighted by Gasteiger charge is 2.25. The molecule has 1 rings (SSSR count). The fraction of sp³-hybridized carbons (Fsp3) is 1.00. The smallest absolute Gasteiger partial charge is 0.0292 e. The first-order chi connectivity index (χ1) is 7.77. The first-order valence-corrected chi connectivity index (χ1v) is 8.91. The lowest BCUT2D eigenvalue weighted by molar-refractivity contribution is 0.393. The molecular formula is C13H27NS2. The molecule has 1 N–H and O–H groups in total. The van der Waals surface area contributed by atoms with Crippen molar-refractivity contribution in [3.63, 3.8) is 0 Å². The van der Waals surface area contributed by atoms with Crippen LogP contribution in [0.1, 0.15) is 40.0 Å². The van der Waals surface area contributed by atoms with Crippen molar-refractivity contribution in [3.05, 3.63) is 0 Å². The van der Waals surface area contributed by atoms with Gasteiger partial charge in [0.05, 0.1) is 0 Å². The Bertz CT molecular complexity index is 169. The third kappa shape index (κ3) is 5.33. The minimum Gasteiger partial charge on any atom is -0.313 e. The van der Waals surface area contributed by atoms with E-state index in [-0.39, 0.29) is 0 Å². The summed E-state index contributed by atoms with van der Waals surface area (Å²) in [6.07, 6.45) is 3.92. The maximum atomic E-state index is 3.77. The topological polar surface area (TPSA) is 12.0 Å². The van der Waals surface area contributed by atoms with Crippen LogP contribution in [0.3, 0.4) is 0 Å². The lowest BCUT2D eigenvalue weighted by Gasteiger charge is -2.32. The molecule has 0 bridgehead atoms. The minimum absolute atomic E-state index is 0.743. The Morgan fingerprint density at radius 1 is 1.31 bits per heavy atom. The highest BCUT2D eigenvalue weighted by Crippen LogP contribution is 2.29. The molecule has 1 nitrogen and oxygen atoms in total. The lowest BCUT2D eigenvalue weighted by Crippen LogP contribution is -2.42. The molecule has 0 radical (unpaired) electrons. The van der Waals surface area contributed by atoms with Gasteiger partial charge in [0.25, 0.3) is 0 Å². The van der Waals surface area contributed by atoms with E-state index in [1.165, 1.54) is 43.1 Å². The Labute approximate surface area is 110 Å². The van der Waals surface area contributed by atoms with Crippen molar-refractivity contribution in [1.82, 2.24) is 5.32 Å². The van der Waals surface area contributed by atoms with Gasteiger partial charge in [0, 0.05) is 28.6 Å². The second-order valence-electron chi connectivity index (χ2n) is 4.79. The van der Waals surface area contributed by atoms with Crippen LogP contribution in [0.4, 0.5) is 0 Å². The molecule has 0 amide bonds. The van der Waals surface area contributed by atoms with Crippen LogP contribution < -0.4 is 5.32 Å². The van der Waals surface area contributed by atoms with Crippen LogP contribution in [-0.4, -0.2) is 35.1 Å². The van der Waals surface area contributed by atoms with Crippen molar-refractivity contribution in [1.29, 1.82) is 0 Å². The number of nitrogens with one attached hydrogen (secondary N) is 1. The molecule has 0 aromatic rings. The lowest BCUT2D eigenvalue weighted by atomic mass is 9.97. The molecule has 0 aromatic heterocycles. The Morgan fingerprint density at radius 2 is 2.12 bits per heavy atom. The number of thioether (sulfide) groups is 2. The summed E-state index contributed by atoms with van der Waals surface area (Å²) < 4.78 is 0. The molecule has 96 valence electrons. The first kappa shape index (κ1) is 14.7. The van der Waals surface area contributed by atoms with Gasteiger partial charge in [-0.3, -0.25) is 0 Å². The maximum Gasteiger partial charge on any atom is 0.0292 e. The summed E-state index contributed by atoms with van der Waals surface area (Å²) in [6, 6.07) is 0.743. The molecule has 1 aliphatic rings. The molecule has 0 spiro atoms. The molecule has 16 heavy (non-hydrogen) atoms. The fourth-order valence-electron chi connectivity index (χ4n) is 2.03. The van der Waals surface area contributed by atoms with Crippen LogP contribution >= 0.6 is 23.5 Å². The molecular weight excluding hydrogens is 234 g/mol. The quantitative estimate of drug-likeness (QED) is 0.751. The van der Waals surface area contributed by atoms with E-state index in [9.17, 15) is 0 Å². The Hall–Kier alpha value is 0.660. The average Bonchev–Trinajstić information content (AvgIpc) is 2.35. The minimum atomic E-state index is 0.743. The van der Waals surface area contributed by atoms with Crippen LogP contribution in [0, 0.1) is 5.92 Å². The molecule has 3 atom stereocenters. The molecule has 1 saturated heterocycles. The van der Waals surface area contributed by atoms with Gasteiger partial charge in [-0.05, 0) is 25.3 Å². The third-order valence-electron chi connectivity index (χ3n) is 3.30. The van der Waals surface area contributed by atoms with E-state index in [2.05, 4.69) is 49.6 Å². The van der Waals surface area contributed by atoms with Crippen LogP contribution in [0.2, 0.25) is 0 Å². The standard InChI is InChI=1S/C13H27NS2/c1-4-6-14-12(9-11(3)5-2)13-10-15-7-8-16-13/h11-14H,4-10H2,1-3H3. The molecule has 1 heterocycles. The highest BCUT2D eigenvalue weighted by molar-refractivity contribution is 8.06. The van der Waals surface area contributed by atoms with Gasteiger partial charge in [0.15, 0.2) is 0 Å². The maximum absolute atomic E-state index is 3.77. The third-order valence-corrected chi connectivity index (χ3v) is 6.22. The normalized spacial score (nSPS) is 25.3. The molecule has 1 fully saturated rings. The van der Waals surface area contributed by atoms with Crippen molar-refractivity contribution in [2.24, 2.45) is 5.92 Å². The van der Waals surface area contributed by atoms with E-state index in [1.807, 2.05) is 0 Å². The Kier molecular flexibility index (Phi) is 8.01. The zero-order valence-corrected chi connectivity index (χ0v) is 12.6. The van der Waals surface area contributed by atoms with Crippen molar-refractivity contribution < 1.29 is 0 Å². The van der Waals surface area contributed by atoms with Crippen molar-refractivity contribution in [2.75, 3.05) is 23.8 Å². The van der Waals surface area contributed by atoms with Crippen LogP contribution in [0.5, 0.6) is 0 Å². The average molecular weight is 261 g/mol. The predicted molar refractivity (Wildman–Crippen MR) is 79.7 cm³/mol. The van der Waals surface area contributed by atoms with Crippen molar-refractivity contribution >= 4 is 23.5 Å². The SMILES string of the molecule is CCCNC(CC(C)CC)C1CSCCS1. The number of hydrogen-bond acceptors (Lipinski definition) is 3. The summed E-state index contributed by atoms with van der Waals surface area (Å²) in [7, 11) is 0.